The molecule has 0 saturated carbocycles. The van der Waals surface area contributed by atoms with Gasteiger partial charge in [-0.05, 0) is 38.3 Å². The molecule has 1 aliphatic rings. The molecule has 0 radical (unpaired) electrons. The third-order valence-corrected chi connectivity index (χ3v) is 5.51. The van der Waals surface area contributed by atoms with Crippen LogP contribution in [0.15, 0.2) is 26.5 Å². The van der Waals surface area contributed by atoms with Gasteiger partial charge in [0.15, 0.2) is 16.6 Å². The molecule has 0 spiro atoms. The van der Waals surface area contributed by atoms with Gasteiger partial charge in [-0.25, -0.2) is 9.97 Å². The van der Waals surface area contributed by atoms with Crippen molar-refractivity contribution in [2.24, 2.45) is 0 Å². The monoisotopic (exact) mass is 369 g/mol. The molecule has 0 aromatic carbocycles. The van der Waals surface area contributed by atoms with Crippen molar-refractivity contribution >= 4 is 28.6 Å². The van der Waals surface area contributed by atoms with Crippen LogP contribution in [0.4, 0.5) is 0 Å². The summed E-state index contributed by atoms with van der Waals surface area (Å²) in [6.45, 7) is 3.91. The number of furan rings is 1. The molecule has 134 valence electrons. The normalized spacial score (nSPS) is 14.0. The fourth-order valence-electron chi connectivity index (χ4n) is 3.31. The summed E-state index contributed by atoms with van der Waals surface area (Å²) in [6, 6.07) is 3.62. The molecule has 1 aliphatic carbocycles. The number of hydrogen-bond acceptors (Lipinski definition) is 6. The number of hydrogen-bond donors (Lipinski definition) is 1. The van der Waals surface area contributed by atoms with E-state index in [1.807, 2.05) is 13.0 Å². The van der Waals surface area contributed by atoms with Gasteiger partial charge in [-0.1, -0.05) is 18.7 Å². The molecular formula is C19H19N3O3S. The highest BCUT2D eigenvalue weighted by molar-refractivity contribution is 7.99. The molecule has 0 unspecified atom stereocenters. The van der Waals surface area contributed by atoms with E-state index < -0.39 is 0 Å². The molecule has 0 saturated heterocycles. The second-order valence-corrected chi connectivity index (χ2v) is 7.50. The van der Waals surface area contributed by atoms with Gasteiger partial charge < -0.3 is 9.40 Å². The zero-order chi connectivity index (χ0) is 18.3. The van der Waals surface area contributed by atoms with Gasteiger partial charge in [-0.15, -0.1) is 0 Å². The van der Waals surface area contributed by atoms with Crippen LogP contribution in [0.1, 0.15) is 48.0 Å². The summed E-state index contributed by atoms with van der Waals surface area (Å²) in [5.41, 5.74) is 1.85. The number of pyridine rings is 1. The first-order valence-corrected chi connectivity index (χ1v) is 9.76. The number of carbonyl (C=O) groups is 1. The Morgan fingerprint density at radius 1 is 1.19 bits per heavy atom. The van der Waals surface area contributed by atoms with E-state index in [0.717, 1.165) is 24.4 Å². The number of Topliss-reactive ketones (excluding diaryl/α,β-unsaturated/α-hetero) is 1. The third kappa shape index (κ3) is 2.86. The van der Waals surface area contributed by atoms with Crippen LogP contribution in [0.3, 0.4) is 0 Å². The first-order chi connectivity index (χ1) is 12.6. The van der Waals surface area contributed by atoms with Crippen molar-refractivity contribution in [1.82, 2.24) is 15.0 Å². The molecule has 26 heavy (non-hydrogen) atoms. The summed E-state index contributed by atoms with van der Waals surface area (Å²) < 4.78 is 5.78. The predicted molar refractivity (Wildman–Crippen MR) is 101 cm³/mol. The van der Waals surface area contributed by atoms with E-state index in [0.29, 0.717) is 51.6 Å². The van der Waals surface area contributed by atoms with E-state index >= 15 is 0 Å². The summed E-state index contributed by atoms with van der Waals surface area (Å²) in [5.74, 6) is 2.11. The van der Waals surface area contributed by atoms with Crippen LogP contribution >= 0.6 is 11.8 Å². The third-order valence-electron chi connectivity index (χ3n) is 4.43. The number of thioether (sulfide) groups is 1. The van der Waals surface area contributed by atoms with Gasteiger partial charge in [0.25, 0.3) is 5.56 Å². The topological polar surface area (TPSA) is 88.8 Å². The molecule has 7 heteroatoms. The van der Waals surface area contributed by atoms with Crippen LogP contribution in [0.25, 0.3) is 22.4 Å². The van der Waals surface area contributed by atoms with E-state index in [9.17, 15) is 9.59 Å². The maximum absolute atomic E-state index is 12.9. The number of aromatic nitrogens is 3. The van der Waals surface area contributed by atoms with Gasteiger partial charge >= 0.3 is 0 Å². The smallest absolute Gasteiger partial charge is 0.261 e. The Balaban J connectivity index is 2.06. The summed E-state index contributed by atoms with van der Waals surface area (Å²) in [5, 5.41) is 0.884. The highest BCUT2D eigenvalue weighted by atomic mass is 32.2. The molecule has 0 fully saturated rings. The molecule has 0 atom stereocenters. The molecule has 4 rings (SSSR count). The second kappa shape index (κ2) is 6.72. The van der Waals surface area contributed by atoms with Gasteiger partial charge in [0.05, 0.1) is 16.6 Å². The van der Waals surface area contributed by atoms with E-state index in [-0.39, 0.29) is 11.3 Å². The first kappa shape index (κ1) is 17.0. The number of aryl methyl sites for hydroxylation is 2. The molecule has 0 aliphatic heterocycles. The van der Waals surface area contributed by atoms with E-state index in [1.165, 1.54) is 11.8 Å². The van der Waals surface area contributed by atoms with Crippen molar-refractivity contribution in [3.8, 4) is 11.3 Å². The molecule has 1 N–H and O–H groups in total. The number of H-pyrrole nitrogens is 1. The second-order valence-electron chi connectivity index (χ2n) is 6.41. The van der Waals surface area contributed by atoms with Crippen LogP contribution in [0.2, 0.25) is 0 Å². The minimum absolute atomic E-state index is 0.00791. The Hall–Kier alpha value is -2.41. The maximum atomic E-state index is 12.9. The lowest BCUT2D eigenvalue weighted by Crippen LogP contribution is -2.19. The average molecular weight is 369 g/mol. The van der Waals surface area contributed by atoms with E-state index in [1.54, 1.807) is 6.07 Å². The van der Waals surface area contributed by atoms with Gasteiger partial charge in [-0.2, -0.15) is 0 Å². The SMILES string of the molecule is CCCSc1nc2nc3c(c(-c4ccc(C)o4)c2c(=O)[nH]1)C(=O)CCC3. The fourth-order valence-corrected chi connectivity index (χ4v) is 4.02. The van der Waals surface area contributed by atoms with Crippen LogP contribution in [0, 0.1) is 6.92 Å². The van der Waals surface area contributed by atoms with Crippen molar-refractivity contribution in [3.05, 3.63) is 39.5 Å². The Kier molecular flexibility index (Phi) is 4.40. The quantitative estimate of drug-likeness (QED) is 0.554. The molecule has 3 aromatic rings. The molecule has 0 amide bonds. The van der Waals surface area contributed by atoms with Crippen molar-refractivity contribution in [2.75, 3.05) is 5.75 Å². The lowest BCUT2D eigenvalue weighted by molar-refractivity contribution is 0.0972. The molecule has 3 heterocycles. The lowest BCUT2D eigenvalue weighted by atomic mass is 9.89. The standard InChI is InChI=1S/C19H19N3O3S/c1-3-9-26-19-21-17-16(18(24)22-19)15(13-8-7-10(2)25-13)14-11(20-17)5-4-6-12(14)23/h7-8H,3-6,9H2,1-2H3,(H,20,21,22,24). The van der Waals surface area contributed by atoms with Crippen LogP contribution in [0.5, 0.6) is 0 Å². The van der Waals surface area contributed by atoms with Crippen LogP contribution in [-0.2, 0) is 6.42 Å². The Bertz CT molecular complexity index is 1070. The zero-order valence-corrected chi connectivity index (χ0v) is 15.5. The Morgan fingerprint density at radius 2 is 2.04 bits per heavy atom. The van der Waals surface area contributed by atoms with Crippen molar-refractivity contribution in [3.63, 3.8) is 0 Å². The Morgan fingerprint density at radius 3 is 2.77 bits per heavy atom. The highest BCUT2D eigenvalue weighted by Gasteiger charge is 2.28. The molecule has 6 nitrogen and oxygen atoms in total. The fraction of sp³-hybridized carbons (Fsp3) is 0.368. The van der Waals surface area contributed by atoms with Gasteiger partial charge in [0, 0.05) is 17.7 Å². The molecule has 3 aromatic heterocycles. The molecular weight excluding hydrogens is 350 g/mol. The van der Waals surface area contributed by atoms with E-state index in [2.05, 4.69) is 21.9 Å². The highest BCUT2D eigenvalue weighted by Crippen LogP contribution is 2.35. The van der Waals surface area contributed by atoms with Crippen molar-refractivity contribution in [2.45, 2.75) is 44.7 Å². The summed E-state index contributed by atoms with van der Waals surface area (Å²) in [6.07, 6.45) is 2.91. The number of carbonyl (C=O) groups excluding carboxylic acids is 1. The minimum atomic E-state index is -0.286. The van der Waals surface area contributed by atoms with Gasteiger partial charge in [0.1, 0.15) is 11.5 Å². The summed E-state index contributed by atoms with van der Waals surface area (Å²) in [4.78, 5) is 37.4. The molecule has 0 bridgehead atoms. The number of nitrogens with one attached hydrogen (secondary N) is 1. The van der Waals surface area contributed by atoms with Crippen molar-refractivity contribution in [1.29, 1.82) is 0 Å². The number of nitrogens with zero attached hydrogens (tertiary/aromatic N) is 2. The van der Waals surface area contributed by atoms with Gasteiger partial charge in [-0.3, -0.25) is 9.59 Å². The van der Waals surface area contributed by atoms with Gasteiger partial charge in [0.2, 0.25) is 0 Å². The Labute approximate surface area is 154 Å². The first-order valence-electron chi connectivity index (χ1n) is 8.78. The maximum Gasteiger partial charge on any atom is 0.261 e. The van der Waals surface area contributed by atoms with E-state index in [4.69, 9.17) is 4.42 Å². The lowest BCUT2D eigenvalue weighted by Gasteiger charge is -2.18. The zero-order valence-electron chi connectivity index (χ0n) is 14.7. The predicted octanol–water partition coefficient (Wildman–Crippen LogP) is 3.91. The summed E-state index contributed by atoms with van der Waals surface area (Å²) in [7, 11) is 0. The van der Waals surface area contributed by atoms with Crippen LogP contribution in [-0.4, -0.2) is 26.5 Å². The summed E-state index contributed by atoms with van der Waals surface area (Å²) >= 11 is 1.50. The van der Waals surface area contributed by atoms with Crippen LogP contribution < -0.4 is 5.56 Å². The minimum Gasteiger partial charge on any atom is -0.461 e. The number of ketones is 1. The average Bonchev–Trinajstić information content (AvgIpc) is 3.04. The van der Waals surface area contributed by atoms with Crippen molar-refractivity contribution < 1.29 is 9.21 Å². The number of fused-ring (bicyclic) bond motifs is 2. The number of aromatic amines is 1. The number of rotatable bonds is 4. The largest absolute Gasteiger partial charge is 0.461 e.